The number of nitrogens with one attached hydrogen (secondary N) is 4. The highest BCUT2D eigenvalue weighted by atomic mass is 35.5. The standard InChI is InChI=1S/C25H28ClFN4O6/c1-13(32)20-12-21(31-30-20)23(33)28-17(11-22(24(34)35)29-25(36)37-2)9-14-3-5-15(6-4-14)18-10-16(26)7-8-19(18)27/h3-8,10,17,20-22,30-31H,9,11-12H2,1-2H3,(H,28,33)(H,29,36)(H,34,35)/t17-,20?,21?,22-/m1/s1. The van der Waals surface area contributed by atoms with Gasteiger partial charge in [0.05, 0.1) is 13.2 Å². The van der Waals surface area contributed by atoms with Crippen LogP contribution < -0.4 is 21.5 Å². The van der Waals surface area contributed by atoms with Crippen molar-refractivity contribution in [3.63, 3.8) is 0 Å². The van der Waals surface area contributed by atoms with Gasteiger partial charge in [0, 0.05) is 16.6 Å². The van der Waals surface area contributed by atoms with Gasteiger partial charge in [0.25, 0.3) is 0 Å². The minimum atomic E-state index is -1.34. The number of halogens is 2. The van der Waals surface area contributed by atoms with Gasteiger partial charge < -0.3 is 20.5 Å². The van der Waals surface area contributed by atoms with E-state index in [4.69, 9.17) is 11.6 Å². The minimum Gasteiger partial charge on any atom is -0.480 e. The molecular weight excluding hydrogens is 507 g/mol. The third kappa shape index (κ3) is 7.72. The van der Waals surface area contributed by atoms with Gasteiger partial charge in [-0.15, -0.1) is 0 Å². The molecule has 0 aromatic heterocycles. The molecule has 1 aliphatic heterocycles. The molecule has 4 atom stereocenters. The molecule has 5 N–H and O–H groups in total. The number of rotatable bonds is 10. The number of Topliss-reactive ketones (excluding diaryl/α,β-unsaturated/α-hetero) is 1. The van der Waals surface area contributed by atoms with Crippen LogP contribution in [0.25, 0.3) is 11.1 Å². The van der Waals surface area contributed by atoms with Crippen LogP contribution in [0.3, 0.4) is 0 Å². The number of hydrogen-bond donors (Lipinski definition) is 5. The normalized spacial score (nSPS) is 18.5. The Morgan fingerprint density at radius 2 is 1.78 bits per heavy atom. The first-order valence-electron chi connectivity index (χ1n) is 11.5. The number of carbonyl (C=O) groups excluding carboxylic acids is 3. The lowest BCUT2D eigenvalue weighted by molar-refractivity contribution is -0.140. The van der Waals surface area contributed by atoms with E-state index in [1.807, 2.05) is 0 Å². The van der Waals surface area contributed by atoms with Gasteiger partial charge in [0.15, 0.2) is 0 Å². The average Bonchev–Trinajstić information content (AvgIpc) is 3.36. The number of hydrogen-bond acceptors (Lipinski definition) is 7. The molecule has 1 fully saturated rings. The molecule has 12 heteroatoms. The van der Waals surface area contributed by atoms with E-state index >= 15 is 0 Å². The van der Waals surface area contributed by atoms with E-state index in [1.165, 1.54) is 25.1 Å². The Bertz CT molecular complexity index is 1160. The van der Waals surface area contributed by atoms with Crippen molar-refractivity contribution in [3.05, 3.63) is 58.9 Å². The van der Waals surface area contributed by atoms with Crippen molar-refractivity contribution >= 4 is 35.4 Å². The second kappa shape index (κ2) is 12.6. The zero-order valence-electron chi connectivity index (χ0n) is 20.2. The zero-order chi connectivity index (χ0) is 27.1. The third-order valence-corrected chi connectivity index (χ3v) is 6.26. The lowest BCUT2D eigenvalue weighted by Gasteiger charge is -2.24. The van der Waals surface area contributed by atoms with E-state index in [9.17, 15) is 28.7 Å². The number of amides is 2. The fourth-order valence-electron chi connectivity index (χ4n) is 4.02. The lowest BCUT2D eigenvalue weighted by atomic mass is 9.96. The fourth-order valence-corrected chi connectivity index (χ4v) is 4.19. The topological polar surface area (TPSA) is 146 Å². The van der Waals surface area contributed by atoms with Gasteiger partial charge in [0.1, 0.15) is 23.7 Å². The van der Waals surface area contributed by atoms with Gasteiger partial charge >= 0.3 is 12.1 Å². The number of carboxylic acid groups (broad SMARTS) is 1. The Balaban J connectivity index is 1.78. The molecule has 1 heterocycles. The SMILES string of the molecule is COC(=O)N[C@H](C[C@@H](Cc1ccc(-c2cc(Cl)ccc2F)cc1)NC(=O)C1CC(C(C)=O)NN1)C(=O)O. The predicted octanol–water partition coefficient (Wildman–Crippen LogP) is 2.20. The van der Waals surface area contributed by atoms with Crippen LogP contribution in [-0.4, -0.2) is 60.1 Å². The summed E-state index contributed by atoms with van der Waals surface area (Å²) in [7, 11) is 1.11. The van der Waals surface area contributed by atoms with Crippen molar-refractivity contribution in [1.29, 1.82) is 0 Å². The first-order chi connectivity index (χ1) is 17.6. The number of ketones is 1. The maximum Gasteiger partial charge on any atom is 0.407 e. The van der Waals surface area contributed by atoms with E-state index in [0.29, 0.717) is 16.1 Å². The van der Waals surface area contributed by atoms with E-state index in [-0.39, 0.29) is 25.0 Å². The molecule has 10 nitrogen and oxygen atoms in total. The van der Waals surface area contributed by atoms with Crippen molar-refractivity contribution in [1.82, 2.24) is 21.5 Å². The first kappa shape index (κ1) is 28.0. The van der Waals surface area contributed by atoms with Crippen LogP contribution in [0.15, 0.2) is 42.5 Å². The number of methoxy groups -OCH3 is 1. The molecule has 37 heavy (non-hydrogen) atoms. The number of carbonyl (C=O) groups is 4. The first-order valence-corrected chi connectivity index (χ1v) is 11.9. The number of carboxylic acids is 1. The molecule has 2 aromatic carbocycles. The molecule has 0 radical (unpaired) electrons. The molecule has 2 unspecified atom stereocenters. The van der Waals surface area contributed by atoms with Crippen molar-refractivity contribution in [2.75, 3.05) is 7.11 Å². The Hall–Kier alpha value is -3.54. The molecule has 3 rings (SSSR count). The summed E-state index contributed by atoms with van der Waals surface area (Å²) in [5.41, 5.74) is 7.20. The van der Waals surface area contributed by atoms with Crippen LogP contribution in [0.1, 0.15) is 25.3 Å². The number of hydrazine groups is 1. The zero-order valence-corrected chi connectivity index (χ0v) is 21.0. The fraction of sp³-hybridized carbons (Fsp3) is 0.360. The van der Waals surface area contributed by atoms with Gasteiger partial charge in [-0.3, -0.25) is 9.59 Å². The smallest absolute Gasteiger partial charge is 0.407 e. The second-order valence-corrected chi connectivity index (χ2v) is 9.17. The van der Waals surface area contributed by atoms with Gasteiger partial charge in [-0.1, -0.05) is 35.9 Å². The van der Waals surface area contributed by atoms with Crippen LogP contribution in [0.4, 0.5) is 9.18 Å². The van der Waals surface area contributed by atoms with Crippen molar-refractivity contribution in [3.8, 4) is 11.1 Å². The van der Waals surface area contributed by atoms with Crippen LogP contribution in [0, 0.1) is 5.82 Å². The number of benzene rings is 2. The van der Waals surface area contributed by atoms with Gasteiger partial charge in [-0.2, -0.15) is 0 Å². The average molecular weight is 535 g/mol. The van der Waals surface area contributed by atoms with Crippen molar-refractivity contribution < 1.29 is 33.4 Å². The second-order valence-electron chi connectivity index (χ2n) is 8.73. The Morgan fingerprint density at radius 1 is 1.11 bits per heavy atom. The summed E-state index contributed by atoms with van der Waals surface area (Å²) < 4.78 is 18.8. The molecule has 1 saturated heterocycles. The van der Waals surface area contributed by atoms with Crippen LogP contribution >= 0.6 is 11.6 Å². The monoisotopic (exact) mass is 534 g/mol. The molecule has 0 aliphatic carbocycles. The number of aliphatic carboxylic acids is 1. The van der Waals surface area contributed by atoms with E-state index in [0.717, 1.165) is 12.7 Å². The van der Waals surface area contributed by atoms with E-state index in [1.54, 1.807) is 24.3 Å². The Kier molecular flexibility index (Phi) is 9.56. The summed E-state index contributed by atoms with van der Waals surface area (Å²) >= 11 is 5.99. The summed E-state index contributed by atoms with van der Waals surface area (Å²) in [5.74, 6) is -2.28. The molecule has 198 valence electrons. The summed E-state index contributed by atoms with van der Waals surface area (Å²) in [6.07, 6.45) is -0.614. The highest BCUT2D eigenvalue weighted by molar-refractivity contribution is 6.30. The number of alkyl carbamates (subject to hydrolysis) is 1. The van der Waals surface area contributed by atoms with Crippen molar-refractivity contribution in [2.45, 2.75) is 50.4 Å². The van der Waals surface area contributed by atoms with Gasteiger partial charge in [-0.25, -0.2) is 24.8 Å². The predicted molar refractivity (Wildman–Crippen MR) is 133 cm³/mol. The molecule has 1 aliphatic rings. The summed E-state index contributed by atoms with van der Waals surface area (Å²) in [6.45, 7) is 1.41. The van der Waals surface area contributed by atoms with Crippen LogP contribution in [0.5, 0.6) is 0 Å². The number of ether oxygens (including phenoxy) is 1. The van der Waals surface area contributed by atoms with Crippen molar-refractivity contribution in [2.24, 2.45) is 0 Å². The third-order valence-electron chi connectivity index (χ3n) is 6.03. The molecule has 0 bridgehead atoms. The summed E-state index contributed by atoms with van der Waals surface area (Å²) in [6, 6.07) is 7.85. The Labute approximate surface area is 217 Å². The largest absolute Gasteiger partial charge is 0.480 e. The summed E-state index contributed by atoms with van der Waals surface area (Å²) in [5, 5.41) is 15.1. The molecule has 2 aromatic rings. The highest BCUT2D eigenvalue weighted by Gasteiger charge is 2.33. The lowest BCUT2D eigenvalue weighted by Crippen LogP contribution is -2.51. The van der Waals surface area contributed by atoms with E-state index in [2.05, 4.69) is 26.2 Å². The molecule has 0 spiro atoms. The summed E-state index contributed by atoms with van der Waals surface area (Å²) in [4.78, 5) is 47.9. The molecular formula is C25H28ClFN4O6. The molecule has 2 amide bonds. The quantitative estimate of drug-likeness (QED) is 0.312. The maximum absolute atomic E-state index is 14.2. The Morgan fingerprint density at radius 3 is 2.38 bits per heavy atom. The van der Waals surface area contributed by atoms with Gasteiger partial charge in [-0.05, 0) is 55.5 Å². The minimum absolute atomic E-state index is 0.121. The van der Waals surface area contributed by atoms with Crippen LogP contribution in [-0.2, 0) is 25.5 Å². The highest BCUT2D eigenvalue weighted by Crippen LogP contribution is 2.26. The maximum atomic E-state index is 14.2. The van der Waals surface area contributed by atoms with E-state index < -0.39 is 48.0 Å². The van der Waals surface area contributed by atoms with Crippen LogP contribution in [0.2, 0.25) is 5.02 Å². The van der Waals surface area contributed by atoms with Gasteiger partial charge in [0.2, 0.25) is 5.91 Å². The molecule has 0 saturated carbocycles.